The van der Waals surface area contributed by atoms with Gasteiger partial charge in [0.15, 0.2) is 5.96 Å². The van der Waals surface area contributed by atoms with Crippen LogP contribution in [0.1, 0.15) is 97.5 Å². The van der Waals surface area contributed by atoms with Crippen molar-refractivity contribution >= 4 is 41.5 Å². The van der Waals surface area contributed by atoms with Crippen LogP contribution in [0.3, 0.4) is 0 Å². The van der Waals surface area contributed by atoms with Gasteiger partial charge in [0.2, 0.25) is 29.5 Å². The molecule has 0 bridgehead atoms. The number of phenols is 1. The number of rotatable bonds is 27. The summed E-state index contributed by atoms with van der Waals surface area (Å²) < 4.78 is 0.788. The van der Waals surface area contributed by atoms with Crippen LogP contribution in [-0.2, 0) is 35.2 Å². The second-order valence-corrected chi connectivity index (χ2v) is 17.6. The molecule has 1 heterocycles. The molecule has 20 nitrogen and oxygen atoms in total. The van der Waals surface area contributed by atoms with Gasteiger partial charge in [-0.2, -0.15) is 0 Å². The molecule has 0 aliphatic carbocycles. The lowest BCUT2D eigenvalue weighted by molar-refractivity contribution is -0.870. The van der Waals surface area contributed by atoms with Crippen molar-refractivity contribution in [3.63, 3.8) is 0 Å². The Morgan fingerprint density at radius 3 is 2.15 bits per heavy atom. The van der Waals surface area contributed by atoms with Crippen LogP contribution in [0.5, 0.6) is 5.75 Å². The first-order valence-electron chi connectivity index (χ1n) is 21.6. The van der Waals surface area contributed by atoms with Crippen molar-refractivity contribution in [1.82, 2.24) is 26.2 Å². The first kappa shape index (κ1) is 52.5. The molecule has 0 aromatic heterocycles. The van der Waals surface area contributed by atoms with E-state index >= 15 is 0 Å². The molecule has 1 aromatic rings. The topological polar surface area (TPSA) is 310 Å². The van der Waals surface area contributed by atoms with Crippen LogP contribution in [0.25, 0.3) is 10.4 Å². The van der Waals surface area contributed by atoms with Crippen LogP contribution in [0.4, 0.5) is 0 Å². The number of carbonyl (C=O) groups is 6. The van der Waals surface area contributed by atoms with Gasteiger partial charge in [-0.15, -0.1) is 0 Å². The Hall–Kier alpha value is -5.62. The van der Waals surface area contributed by atoms with Crippen molar-refractivity contribution in [3.8, 4) is 5.75 Å². The van der Waals surface area contributed by atoms with Crippen molar-refractivity contribution in [1.29, 1.82) is 0 Å². The first-order valence-corrected chi connectivity index (χ1v) is 21.6. The van der Waals surface area contributed by atoms with Crippen molar-refractivity contribution in [2.24, 2.45) is 33.4 Å². The fraction of sp³-hybridized carbons (Fsp3) is 0.690. The van der Waals surface area contributed by atoms with Gasteiger partial charge >= 0.3 is 0 Å². The van der Waals surface area contributed by atoms with Gasteiger partial charge in [-0.25, -0.2) is 0 Å². The monoisotopic (exact) mass is 871 g/mol. The fourth-order valence-corrected chi connectivity index (χ4v) is 7.18. The van der Waals surface area contributed by atoms with Crippen LogP contribution in [-0.4, -0.2) is 133 Å². The number of azide groups is 1. The number of aliphatic carboxylic acids is 1. The largest absolute Gasteiger partial charge is 0.548 e. The van der Waals surface area contributed by atoms with E-state index in [4.69, 9.17) is 11.5 Å². The first-order chi connectivity index (χ1) is 29.2. The maximum Gasteiger partial charge on any atom is 0.245 e. The highest BCUT2D eigenvalue weighted by Crippen LogP contribution is 2.22. The number of carboxylic acid groups (broad SMARTS) is 1. The Bertz CT molecular complexity index is 1720. The molecule has 1 saturated heterocycles. The highest BCUT2D eigenvalue weighted by Gasteiger charge is 2.40. The van der Waals surface area contributed by atoms with Gasteiger partial charge in [-0.1, -0.05) is 57.8 Å². The zero-order valence-electron chi connectivity index (χ0n) is 37.5. The minimum Gasteiger partial charge on any atom is -0.548 e. The number of carboxylic acids is 1. The number of phenolic OH excluding ortho intramolecular Hbond substituents is 1. The minimum absolute atomic E-state index is 0.0162. The molecule has 20 heteroatoms. The average Bonchev–Trinajstić information content (AvgIpc) is 3.70. The van der Waals surface area contributed by atoms with Gasteiger partial charge in [0, 0.05) is 24.4 Å². The molecule has 1 aromatic carbocycles. The smallest absolute Gasteiger partial charge is 0.245 e. The summed E-state index contributed by atoms with van der Waals surface area (Å²) in [6, 6.07) is -0.996. The van der Waals surface area contributed by atoms with Gasteiger partial charge in [0.1, 0.15) is 36.0 Å². The third kappa shape index (κ3) is 18.6. The van der Waals surface area contributed by atoms with E-state index in [2.05, 4.69) is 57.4 Å². The van der Waals surface area contributed by atoms with E-state index in [9.17, 15) is 44.5 Å². The van der Waals surface area contributed by atoms with Crippen molar-refractivity contribution in [3.05, 3.63) is 40.3 Å². The predicted molar refractivity (Wildman–Crippen MR) is 232 cm³/mol. The Morgan fingerprint density at radius 2 is 1.56 bits per heavy atom. The summed E-state index contributed by atoms with van der Waals surface area (Å²) >= 11 is 0. The summed E-state index contributed by atoms with van der Waals surface area (Å²) in [6.45, 7) is 8.40. The number of hydrogen-bond acceptors (Lipinski definition) is 10. The lowest BCUT2D eigenvalue weighted by Crippen LogP contribution is -2.60. The molecule has 0 spiro atoms. The summed E-state index contributed by atoms with van der Waals surface area (Å²) in [7, 11) is 6.26. The average molecular weight is 871 g/mol. The molecule has 9 N–H and O–H groups in total. The number of amides is 5. The number of quaternary nitrogens is 1. The number of nitrogens with one attached hydrogen (secondary N) is 4. The number of likely N-dealkylation sites (tertiary alicyclic amines) is 1. The van der Waals surface area contributed by atoms with E-state index in [1.807, 2.05) is 6.92 Å². The number of benzene rings is 1. The molecule has 1 aliphatic rings. The molecule has 0 saturated carbocycles. The number of guanidine groups is 1. The molecular formula is C42H70N12O8. The molecule has 1 unspecified atom stereocenters. The highest BCUT2D eigenvalue weighted by atomic mass is 16.4. The van der Waals surface area contributed by atoms with Crippen molar-refractivity contribution < 1.29 is 43.5 Å². The van der Waals surface area contributed by atoms with Crippen LogP contribution in [0, 0.1) is 11.8 Å². The number of aromatic hydroxyl groups is 1. The van der Waals surface area contributed by atoms with Crippen LogP contribution in [0.2, 0.25) is 0 Å². The summed E-state index contributed by atoms with van der Waals surface area (Å²) in [6.07, 6.45) is 4.16. The Morgan fingerprint density at radius 1 is 0.903 bits per heavy atom. The zero-order chi connectivity index (χ0) is 46.6. The molecule has 346 valence electrons. The number of nitrogens with zero attached hydrogens (tertiary/aromatic N) is 6. The van der Waals surface area contributed by atoms with Crippen LogP contribution in [0.15, 0.2) is 34.4 Å². The standard InChI is InChI=1S/C42H70N12O8/c1-8-27(4)35(39(59)49-33(41(61)62)24-26(2)3)50-37(57)32(25-28-17-19-29(55)20-18-28)48-38(58)34-16-13-22-53(34)40(60)31(15-12-21-46-42(43)44)47-36(56)30(51-52-45)14-10-9-11-23-54(5,6)7/h17-20,26-27,30-35H,8-16,21-25H2,1-7H3,(H9-,43,44,46,47,48,49,50,55,56,57,58,59,61,62)/t27-,30?,31+,32+,33+,34+,35+/m0/s1. The normalized spacial score (nSPS) is 16.7. The maximum atomic E-state index is 14.3. The van der Waals surface area contributed by atoms with E-state index in [0.29, 0.717) is 24.8 Å². The zero-order valence-corrected chi connectivity index (χ0v) is 37.5. The summed E-state index contributed by atoms with van der Waals surface area (Å²) in [5.41, 5.74) is 20.8. The molecule has 0 radical (unpaired) electrons. The van der Waals surface area contributed by atoms with Crippen LogP contribution < -0.4 is 37.8 Å². The van der Waals surface area contributed by atoms with Gasteiger partial charge in [0.25, 0.3) is 0 Å². The van der Waals surface area contributed by atoms with Gasteiger partial charge in [-0.3, -0.25) is 29.0 Å². The lowest BCUT2D eigenvalue weighted by atomic mass is 9.96. The number of nitrogens with two attached hydrogens (primary N) is 2. The van der Waals surface area contributed by atoms with Gasteiger partial charge in [-0.05, 0) is 86.4 Å². The number of unbranched alkanes of at least 4 members (excludes halogenated alkanes) is 2. The van der Waals surface area contributed by atoms with Crippen molar-refractivity contribution in [2.45, 2.75) is 135 Å². The van der Waals surface area contributed by atoms with E-state index in [0.717, 1.165) is 23.9 Å². The molecular weight excluding hydrogens is 801 g/mol. The summed E-state index contributed by atoms with van der Waals surface area (Å²) in [5.74, 6) is -5.43. The highest BCUT2D eigenvalue weighted by molar-refractivity contribution is 5.96. The second-order valence-electron chi connectivity index (χ2n) is 17.6. The summed E-state index contributed by atoms with van der Waals surface area (Å²) in [5, 5.41) is 36.3. The van der Waals surface area contributed by atoms with E-state index in [-0.39, 0.29) is 69.2 Å². The van der Waals surface area contributed by atoms with Crippen molar-refractivity contribution in [2.75, 3.05) is 40.8 Å². The van der Waals surface area contributed by atoms with E-state index in [1.54, 1.807) is 32.9 Å². The SMILES string of the molecule is CC[C@H](C)[C@@H](NC(=O)[C@@H](Cc1ccc(O)cc1)NC(=O)[C@H]1CCCN1C(=O)[C@@H](CCCN=C(N)N)NC(=O)C(CCCCC[N+](C)(C)C)N=[N+]=[N-])C(=O)N[C@H](CC(C)C)C(=O)[O-]. The number of aliphatic imine (C=N–C) groups is 1. The number of carbonyl (C=O) groups excluding carboxylic acids is 6. The second kappa shape index (κ2) is 26.0. The molecule has 1 fully saturated rings. The van der Waals surface area contributed by atoms with Gasteiger partial charge in [0.05, 0.1) is 39.7 Å². The minimum atomic E-state index is -1.46. The molecule has 5 amide bonds. The fourth-order valence-electron chi connectivity index (χ4n) is 7.18. The lowest BCUT2D eigenvalue weighted by Gasteiger charge is -2.31. The summed E-state index contributed by atoms with van der Waals surface area (Å²) in [4.78, 5) is 89.9. The number of hydrogen-bond donors (Lipinski definition) is 7. The van der Waals surface area contributed by atoms with E-state index in [1.165, 1.54) is 17.0 Å². The van der Waals surface area contributed by atoms with E-state index < -0.39 is 77.7 Å². The Balaban J connectivity index is 2.38. The Labute approximate surface area is 365 Å². The molecule has 7 atom stereocenters. The molecule has 1 aliphatic heterocycles. The van der Waals surface area contributed by atoms with Crippen LogP contribution >= 0.6 is 0 Å². The third-order valence-electron chi connectivity index (χ3n) is 10.8. The maximum absolute atomic E-state index is 14.3. The molecule has 62 heavy (non-hydrogen) atoms. The quantitative estimate of drug-likeness (QED) is 0.0124. The third-order valence-corrected chi connectivity index (χ3v) is 10.8. The Kier molecular flexibility index (Phi) is 22.0. The molecule has 2 rings (SSSR count). The van der Waals surface area contributed by atoms with Gasteiger partial charge < -0.3 is 57.1 Å². The predicted octanol–water partition coefficient (Wildman–Crippen LogP) is 0.706.